The van der Waals surface area contributed by atoms with Crippen molar-refractivity contribution in [3.8, 4) is 0 Å². The predicted molar refractivity (Wildman–Crippen MR) is 74.8 cm³/mol. The van der Waals surface area contributed by atoms with E-state index in [2.05, 4.69) is 9.71 Å². The van der Waals surface area contributed by atoms with Crippen molar-refractivity contribution in [1.29, 1.82) is 0 Å². The van der Waals surface area contributed by atoms with Gasteiger partial charge in [-0.3, -0.25) is 4.40 Å². The Morgan fingerprint density at radius 1 is 1.47 bits per heavy atom. The van der Waals surface area contributed by atoms with E-state index in [1.54, 1.807) is 30.5 Å². The molecular formula is C12H14ClN3O2S. The second-order valence-corrected chi connectivity index (χ2v) is 6.31. The highest BCUT2D eigenvalue weighted by Gasteiger charge is 2.23. The van der Waals surface area contributed by atoms with Crippen LogP contribution in [-0.4, -0.2) is 24.3 Å². The minimum absolute atomic E-state index is 0.0316. The summed E-state index contributed by atoms with van der Waals surface area (Å²) in [5.41, 5.74) is 1.53. The van der Waals surface area contributed by atoms with Gasteiger partial charge in [-0.25, -0.2) is 18.1 Å². The highest BCUT2D eigenvalue weighted by molar-refractivity contribution is 7.89. The van der Waals surface area contributed by atoms with Gasteiger partial charge in [0.1, 0.15) is 5.65 Å². The molecule has 0 aliphatic heterocycles. The zero-order chi connectivity index (χ0) is 14.0. The monoisotopic (exact) mass is 299 g/mol. The van der Waals surface area contributed by atoms with Crippen LogP contribution in [0.5, 0.6) is 0 Å². The molecule has 2 heterocycles. The first-order valence-corrected chi connectivity index (χ1v) is 7.53. The van der Waals surface area contributed by atoms with E-state index in [4.69, 9.17) is 11.6 Å². The summed E-state index contributed by atoms with van der Waals surface area (Å²) in [6.07, 6.45) is 3.40. The number of nitrogens with zero attached hydrogens (tertiary/aromatic N) is 2. The van der Waals surface area contributed by atoms with Gasteiger partial charge in [0.2, 0.25) is 0 Å². The highest BCUT2D eigenvalue weighted by Crippen LogP contribution is 2.22. The molecule has 2 aromatic rings. The number of hydrogen-bond acceptors (Lipinski definition) is 3. The van der Waals surface area contributed by atoms with Gasteiger partial charge in [-0.05, 0) is 26.0 Å². The quantitative estimate of drug-likeness (QED) is 0.881. The molecule has 0 spiro atoms. The fourth-order valence-electron chi connectivity index (χ4n) is 1.61. The first kappa shape index (κ1) is 14.0. The number of halogens is 1. The lowest BCUT2D eigenvalue weighted by molar-refractivity contribution is 0.580. The molecular weight excluding hydrogens is 286 g/mol. The van der Waals surface area contributed by atoms with Crippen LogP contribution in [-0.2, 0) is 10.0 Å². The van der Waals surface area contributed by atoms with Crippen LogP contribution in [0.3, 0.4) is 0 Å². The van der Waals surface area contributed by atoms with E-state index >= 15 is 0 Å². The second kappa shape index (κ2) is 5.32. The maximum Gasteiger partial charge on any atom is 0.260 e. The second-order valence-electron chi connectivity index (χ2n) is 4.27. The van der Waals surface area contributed by atoms with Gasteiger partial charge in [0, 0.05) is 12.7 Å². The van der Waals surface area contributed by atoms with Crippen molar-refractivity contribution in [3.05, 3.63) is 41.2 Å². The summed E-state index contributed by atoms with van der Waals surface area (Å²) >= 11 is 5.93. The summed E-state index contributed by atoms with van der Waals surface area (Å²) in [7, 11) is -3.70. The van der Waals surface area contributed by atoms with E-state index in [1.807, 2.05) is 13.8 Å². The number of nitrogens with one attached hydrogen (secondary N) is 1. The molecule has 0 aliphatic rings. The molecule has 0 amide bonds. The van der Waals surface area contributed by atoms with E-state index in [-0.39, 0.29) is 16.7 Å². The lowest BCUT2D eigenvalue weighted by atomic mass is 10.3. The number of rotatable bonds is 4. The lowest BCUT2D eigenvalue weighted by Crippen LogP contribution is -2.25. The third-order valence-corrected chi connectivity index (χ3v) is 4.31. The molecule has 7 heteroatoms. The van der Waals surface area contributed by atoms with Crippen LogP contribution < -0.4 is 4.72 Å². The average Bonchev–Trinajstić information content (AvgIpc) is 2.64. The molecule has 0 saturated heterocycles. The van der Waals surface area contributed by atoms with Crippen molar-refractivity contribution in [3.63, 3.8) is 0 Å². The number of fused-ring (bicyclic) bond motifs is 1. The summed E-state index contributed by atoms with van der Waals surface area (Å²) in [5.74, 6) is 0. The number of aromatic nitrogens is 2. The minimum atomic E-state index is -3.70. The van der Waals surface area contributed by atoms with Gasteiger partial charge in [-0.2, -0.15) is 0 Å². The molecule has 0 atom stereocenters. The zero-order valence-corrected chi connectivity index (χ0v) is 12.2. The largest absolute Gasteiger partial charge is 0.288 e. The van der Waals surface area contributed by atoms with Crippen LogP contribution in [0.2, 0.25) is 5.15 Å². The van der Waals surface area contributed by atoms with Crippen LogP contribution in [0, 0.1) is 0 Å². The van der Waals surface area contributed by atoms with Crippen molar-refractivity contribution < 1.29 is 8.42 Å². The van der Waals surface area contributed by atoms with E-state index in [0.717, 1.165) is 5.57 Å². The fourth-order valence-corrected chi connectivity index (χ4v) is 3.21. The number of imidazole rings is 1. The molecule has 0 saturated carbocycles. The van der Waals surface area contributed by atoms with Crippen molar-refractivity contribution in [2.45, 2.75) is 18.9 Å². The fraction of sp³-hybridized carbons (Fsp3) is 0.250. The van der Waals surface area contributed by atoms with Crippen LogP contribution in [0.1, 0.15) is 13.8 Å². The molecule has 1 N–H and O–H groups in total. The van der Waals surface area contributed by atoms with Gasteiger partial charge in [-0.15, -0.1) is 0 Å². The Balaban J connectivity index is 2.43. The SMILES string of the molecule is CC(C)=CCNS(=O)(=O)c1c(Cl)nc2ccccn12. The number of pyridine rings is 1. The first-order valence-electron chi connectivity index (χ1n) is 5.67. The normalized spacial score (nSPS) is 11.7. The maximum absolute atomic E-state index is 12.2. The van der Waals surface area contributed by atoms with Gasteiger partial charge in [0.05, 0.1) is 0 Å². The highest BCUT2D eigenvalue weighted by atomic mass is 35.5. The Kier molecular flexibility index (Phi) is 3.93. The molecule has 0 radical (unpaired) electrons. The summed E-state index contributed by atoms with van der Waals surface area (Å²) < 4.78 is 28.4. The van der Waals surface area contributed by atoms with Gasteiger partial charge in [0.15, 0.2) is 10.2 Å². The standard InChI is InChI=1S/C12H14ClN3O2S/c1-9(2)6-7-14-19(17,18)12-11(13)15-10-5-3-4-8-16(10)12/h3-6,8,14H,7H2,1-2H3. The van der Waals surface area contributed by atoms with Crippen LogP contribution in [0.15, 0.2) is 41.1 Å². The third-order valence-electron chi connectivity index (χ3n) is 2.48. The van der Waals surface area contributed by atoms with Crippen molar-refractivity contribution in [1.82, 2.24) is 14.1 Å². The van der Waals surface area contributed by atoms with Crippen molar-refractivity contribution in [2.24, 2.45) is 0 Å². The molecule has 0 bridgehead atoms. The van der Waals surface area contributed by atoms with Gasteiger partial charge >= 0.3 is 0 Å². The molecule has 0 fully saturated rings. The molecule has 2 aromatic heterocycles. The van der Waals surface area contributed by atoms with Crippen molar-refractivity contribution in [2.75, 3.05) is 6.54 Å². The first-order chi connectivity index (χ1) is 8.92. The van der Waals surface area contributed by atoms with Crippen LogP contribution in [0.4, 0.5) is 0 Å². The molecule has 0 aromatic carbocycles. The zero-order valence-electron chi connectivity index (χ0n) is 10.6. The van der Waals surface area contributed by atoms with Crippen LogP contribution in [0.25, 0.3) is 5.65 Å². The summed E-state index contributed by atoms with van der Waals surface area (Å²) in [4.78, 5) is 4.02. The number of sulfonamides is 1. The Morgan fingerprint density at radius 3 is 2.89 bits per heavy atom. The molecule has 5 nitrogen and oxygen atoms in total. The topological polar surface area (TPSA) is 63.5 Å². The average molecular weight is 300 g/mol. The Labute approximate surface area is 117 Å². The molecule has 19 heavy (non-hydrogen) atoms. The molecule has 102 valence electrons. The van der Waals surface area contributed by atoms with Gasteiger partial charge < -0.3 is 0 Å². The molecule has 2 rings (SSSR count). The van der Waals surface area contributed by atoms with E-state index in [9.17, 15) is 8.42 Å². The van der Waals surface area contributed by atoms with E-state index in [1.165, 1.54) is 4.40 Å². The smallest absolute Gasteiger partial charge is 0.260 e. The van der Waals surface area contributed by atoms with Crippen molar-refractivity contribution >= 4 is 27.3 Å². The van der Waals surface area contributed by atoms with Gasteiger partial charge in [-0.1, -0.05) is 29.3 Å². The van der Waals surface area contributed by atoms with E-state index in [0.29, 0.717) is 5.65 Å². The summed E-state index contributed by atoms with van der Waals surface area (Å²) in [5, 5.41) is -0.0668. The minimum Gasteiger partial charge on any atom is -0.288 e. The number of hydrogen-bond donors (Lipinski definition) is 1. The summed E-state index contributed by atoms with van der Waals surface area (Å²) in [6.45, 7) is 4.02. The molecule has 0 aliphatic carbocycles. The molecule has 0 unspecified atom stereocenters. The van der Waals surface area contributed by atoms with E-state index < -0.39 is 10.0 Å². The Hall–Kier alpha value is -1.37. The maximum atomic E-state index is 12.2. The lowest BCUT2D eigenvalue weighted by Gasteiger charge is -2.05. The van der Waals surface area contributed by atoms with Crippen LogP contribution >= 0.6 is 11.6 Å². The third kappa shape index (κ3) is 2.97. The summed E-state index contributed by atoms with van der Waals surface area (Å²) in [6, 6.07) is 5.19. The van der Waals surface area contributed by atoms with Gasteiger partial charge in [0.25, 0.3) is 10.0 Å². The Bertz CT molecular complexity index is 731. The predicted octanol–water partition coefficient (Wildman–Crippen LogP) is 2.23. The Morgan fingerprint density at radius 2 is 2.21 bits per heavy atom. The number of allylic oxidation sites excluding steroid dienone is 1.